The highest BCUT2D eigenvalue weighted by molar-refractivity contribution is 8.14. The Labute approximate surface area is 93.7 Å². The van der Waals surface area contributed by atoms with Crippen LogP contribution in [-0.2, 0) is 4.79 Å². The van der Waals surface area contributed by atoms with Gasteiger partial charge in [0.15, 0.2) is 0 Å². The summed E-state index contributed by atoms with van der Waals surface area (Å²) in [6, 6.07) is -0.353. The first-order valence-electron chi connectivity index (χ1n) is 5.15. The number of nitrogens with one attached hydrogen (secondary N) is 3. The predicted molar refractivity (Wildman–Crippen MR) is 60.9 cm³/mol. The standard InChI is InChI=1S/C9H17N3O2S/c1-2-3-10-4-5-11-8(13)7-6-15-9(14)12-7/h7,10H,2-6H2,1H3,(H,11,13)(H,12,14). The monoisotopic (exact) mass is 231 g/mol. The summed E-state index contributed by atoms with van der Waals surface area (Å²) in [5.74, 6) is 0.444. The Morgan fingerprint density at radius 2 is 2.33 bits per heavy atom. The van der Waals surface area contributed by atoms with E-state index in [1.54, 1.807) is 0 Å². The number of rotatable bonds is 6. The number of hydrogen-bond donors (Lipinski definition) is 3. The molecule has 86 valence electrons. The van der Waals surface area contributed by atoms with Crippen LogP contribution in [0.1, 0.15) is 13.3 Å². The lowest BCUT2D eigenvalue weighted by Gasteiger charge is -2.10. The number of amides is 2. The number of carbonyl (C=O) groups is 2. The summed E-state index contributed by atoms with van der Waals surface area (Å²) in [5, 5.41) is 8.44. The lowest BCUT2D eigenvalue weighted by molar-refractivity contribution is -0.122. The SMILES string of the molecule is CCCNCCNC(=O)C1CSC(=O)N1. The second-order valence-electron chi connectivity index (χ2n) is 3.34. The summed E-state index contributed by atoms with van der Waals surface area (Å²) < 4.78 is 0. The molecule has 1 fully saturated rings. The first-order valence-corrected chi connectivity index (χ1v) is 6.14. The van der Waals surface area contributed by atoms with Gasteiger partial charge in [0, 0.05) is 18.8 Å². The minimum absolute atomic E-state index is 0.0911. The molecule has 0 spiro atoms. The van der Waals surface area contributed by atoms with E-state index in [0.29, 0.717) is 12.3 Å². The molecular formula is C9H17N3O2S. The van der Waals surface area contributed by atoms with Crippen LogP contribution in [0, 0.1) is 0 Å². The first-order chi connectivity index (χ1) is 7.24. The molecule has 0 bridgehead atoms. The fourth-order valence-corrected chi connectivity index (χ4v) is 2.00. The topological polar surface area (TPSA) is 70.2 Å². The molecule has 1 aliphatic rings. The van der Waals surface area contributed by atoms with Crippen molar-refractivity contribution in [2.24, 2.45) is 0 Å². The molecule has 0 aliphatic carbocycles. The zero-order chi connectivity index (χ0) is 11.1. The number of carbonyl (C=O) groups excluding carboxylic acids is 2. The lowest BCUT2D eigenvalue weighted by Crippen LogP contribution is -2.44. The normalized spacial score (nSPS) is 20.1. The zero-order valence-corrected chi connectivity index (χ0v) is 9.65. The van der Waals surface area contributed by atoms with Crippen molar-refractivity contribution in [3.05, 3.63) is 0 Å². The highest BCUT2D eigenvalue weighted by atomic mass is 32.2. The summed E-state index contributed by atoms with van der Waals surface area (Å²) >= 11 is 1.15. The molecule has 15 heavy (non-hydrogen) atoms. The predicted octanol–water partition coefficient (Wildman–Crippen LogP) is -0.0728. The van der Waals surface area contributed by atoms with E-state index in [0.717, 1.165) is 31.3 Å². The molecule has 1 atom stereocenters. The van der Waals surface area contributed by atoms with Crippen LogP contribution >= 0.6 is 11.8 Å². The molecule has 1 heterocycles. The van der Waals surface area contributed by atoms with Gasteiger partial charge in [-0.05, 0) is 13.0 Å². The second kappa shape index (κ2) is 6.68. The molecule has 5 nitrogen and oxygen atoms in total. The molecule has 0 aromatic heterocycles. The minimum Gasteiger partial charge on any atom is -0.353 e. The van der Waals surface area contributed by atoms with Gasteiger partial charge >= 0.3 is 0 Å². The maximum atomic E-state index is 11.5. The van der Waals surface area contributed by atoms with Gasteiger partial charge in [-0.2, -0.15) is 0 Å². The van der Waals surface area contributed by atoms with Crippen LogP contribution in [0.5, 0.6) is 0 Å². The third-order valence-corrected chi connectivity index (χ3v) is 2.90. The molecule has 0 aromatic carbocycles. The van der Waals surface area contributed by atoms with Gasteiger partial charge in [0.05, 0.1) is 0 Å². The van der Waals surface area contributed by atoms with E-state index in [2.05, 4.69) is 22.9 Å². The van der Waals surface area contributed by atoms with Gasteiger partial charge < -0.3 is 16.0 Å². The Morgan fingerprint density at radius 1 is 1.53 bits per heavy atom. The zero-order valence-electron chi connectivity index (χ0n) is 8.84. The average Bonchev–Trinajstić information content (AvgIpc) is 2.64. The fraction of sp³-hybridized carbons (Fsp3) is 0.778. The summed E-state index contributed by atoms with van der Waals surface area (Å²) in [6.07, 6.45) is 1.09. The van der Waals surface area contributed by atoms with E-state index < -0.39 is 0 Å². The van der Waals surface area contributed by atoms with Gasteiger partial charge in [0.2, 0.25) is 5.91 Å². The summed E-state index contributed by atoms with van der Waals surface area (Å²) in [4.78, 5) is 22.3. The van der Waals surface area contributed by atoms with Gasteiger partial charge in [0.1, 0.15) is 6.04 Å². The molecule has 6 heteroatoms. The van der Waals surface area contributed by atoms with Crippen LogP contribution in [-0.4, -0.2) is 42.6 Å². The molecule has 2 amide bonds. The van der Waals surface area contributed by atoms with Crippen LogP contribution < -0.4 is 16.0 Å². The van der Waals surface area contributed by atoms with Crippen molar-refractivity contribution in [1.29, 1.82) is 0 Å². The van der Waals surface area contributed by atoms with E-state index in [1.165, 1.54) is 0 Å². The number of thioether (sulfide) groups is 1. The number of hydrogen-bond acceptors (Lipinski definition) is 4. The van der Waals surface area contributed by atoms with Crippen molar-refractivity contribution >= 4 is 22.9 Å². The van der Waals surface area contributed by atoms with Crippen LogP contribution in [0.15, 0.2) is 0 Å². The Morgan fingerprint density at radius 3 is 2.93 bits per heavy atom. The lowest BCUT2D eigenvalue weighted by atomic mass is 10.3. The van der Waals surface area contributed by atoms with Gasteiger partial charge in [-0.1, -0.05) is 18.7 Å². The molecule has 0 radical (unpaired) electrons. The van der Waals surface area contributed by atoms with Gasteiger partial charge in [-0.3, -0.25) is 9.59 Å². The second-order valence-corrected chi connectivity index (χ2v) is 4.33. The van der Waals surface area contributed by atoms with Gasteiger partial charge in [-0.25, -0.2) is 0 Å². The largest absolute Gasteiger partial charge is 0.353 e. The molecule has 3 N–H and O–H groups in total. The van der Waals surface area contributed by atoms with Crippen molar-refractivity contribution < 1.29 is 9.59 Å². The van der Waals surface area contributed by atoms with Crippen LogP contribution in [0.3, 0.4) is 0 Å². The summed E-state index contributed by atoms with van der Waals surface area (Å²) in [6.45, 7) is 4.44. The van der Waals surface area contributed by atoms with Crippen LogP contribution in [0.25, 0.3) is 0 Å². The molecule has 1 rings (SSSR count). The molecule has 1 unspecified atom stereocenters. The highest BCUT2D eigenvalue weighted by Crippen LogP contribution is 2.12. The van der Waals surface area contributed by atoms with Crippen molar-refractivity contribution in [2.45, 2.75) is 19.4 Å². The Balaban J connectivity index is 2.06. The van der Waals surface area contributed by atoms with Crippen molar-refractivity contribution in [3.63, 3.8) is 0 Å². The first kappa shape index (κ1) is 12.3. The van der Waals surface area contributed by atoms with Gasteiger partial charge in [0.25, 0.3) is 5.24 Å². The molecule has 1 saturated heterocycles. The quantitative estimate of drug-likeness (QED) is 0.560. The van der Waals surface area contributed by atoms with Crippen molar-refractivity contribution in [3.8, 4) is 0 Å². The van der Waals surface area contributed by atoms with Crippen molar-refractivity contribution in [1.82, 2.24) is 16.0 Å². The highest BCUT2D eigenvalue weighted by Gasteiger charge is 2.27. The van der Waals surface area contributed by atoms with E-state index in [4.69, 9.17) is 0 Å². The third kappa shape index (κ3) is 4.53. The van der Waals surface area contributed by atoms with Crippen LogP contribution in [0.4, 0.5) is 4.79 Å². The fourth-order valence-electron chi connectivity index (χ4n) is 1.22. The summed E-state index contributed by atoms with van der Waals surface area (Å²) in [5.41, 5.74) is 0. The average molecular weight is 231 g/mol. The van der Waals surface area contributed by atoms with E-state index >= 15 is 0 Å². The minimum atomic E-state index is -0.353. The molecule has 1 aliphatic heterocycles. The van der Waals surface area contributed by atoms with E-state index in [1.807, 2.05) is 0 Å². The Bertz CT molecular complexity index is 235. The summed E-state index contributed by atoms with van der Waals surface area (Å²) in [7, 11) is 0. The third-order valence-electron chi connectivity index (χ3n) is 2.02. The Hall–Kier alpha value is -0.750. The Kier molecular flexibility index (Phi) is 5.49. The maximum absolute atomic E-state index is 11.5. The smallest absolute Gasteiger partial charge is 0.279 e. The molecule has 0 aromatic rings. The van der Waals surface area contributed by atoms with Crippen LogP contribution in [0.2, 0.25) is 0 Å². The molecule has 0 saturated carbocycles. The maximum Gasteiger partial charge on any atom is 0.279 e. The van der Waals surface area contributed by atoms with Crippen molar-refractivity contribution in [2.75, 3.05) is 25.4 Å². The van der Waals surface area contributed by atoms with Gasteiger partial charge in [-0.15, -0.1) is 0 Å². The van der Waals surface area contributed by atoms with E-state index in [9.17, 15) is 9.59 Å². The molecular weight excluding hydrogens is 214 g/mol. The van der Waals surface area contributed by atoms with E-state index in [-0.39, 0.29) is 17.2 Å².